The van der Waals surface area contributed by atoms with Crippen LogP contribution in [0.4, 0.5) is 4.39 Å². The third kappa shape index (κ3) is 3.80. The van der Waals surface area contributed by atoms with Crippen molar-refractivity contribution in [2.45, 2.75) is 6.54 Å². The zero-order valence-electron chi connectivity index (χ0n) is 10.8. The minimum absolute atomic E-state index is 0.0525. The number of nitrogens with one attached hydrogen (secondary N) is 1. The lowest BCUT2D eigenvalue weighted by molar-refractivity contribution is 0.294. The van der Waals surface area contributed by atoms with Gasteiger partial charge < -0.3 is 14.8 Å². The summed E-state index contributed by atoms with van der Waals surface area (Å²) < 4.78 is 19.4. The summed E-state index contributed by atoms with van der Waals surface area (Å²) in [6, 6.07) is 6.02. The molecule has 0 saturated carbocycles. The largest absolute Gasteiger partial charge is 0.492 e. The quantitative estimate of drug-likeness (QED) is 0.578. The first-order valence-corrected chi connectivity index (χ1v) is 6.05. The molecule has 0 bridgehead atoms. The third-order valence-electron chi connectivity index (χ3n) is 2.75. The maximum absolute atomic E-state index is 13.0. The third-order valence-corrected chi connectivity index (χ3v) is 2.75. The molecule has 0 aliphatic heterocycles. The Morgan fingerprint density at radius 1 is 1.24 bits per heavy atom. The first-order valence-electron chi connectivity index (χ1n) is 6.05. The molecule has 0 aliphatic rings. The van der Waals surface area contributed by atoms with Crippen molar-refractivity contribution in [3.63, 3.8) is 0 Å². The van der Waals surface area contributed by atoms with Gasteiger partial charge in [0.2, 0.25) is 5.82 Å². The van der Waals surface area contributed by atoms with Crippen LogP contribution in [0.3, 0.4) is 0 Å². The van der Waals surface area contributed by atoms with Gasteiger partial charge in [-0.1, -0.05) is 12.1 Å². The van der Waals surface area contributed by atoms with Crippen molar-refractivity contribution in [2.75, 3.05) is 6.61 Å². The molecule has 0 aliphatic carbocycles. The second-order valence-electron chi connectivity index (χ2n) is 4.22. The molecule has 1 aromatic carbocycles. The second kappa shape index (κ2) is 6.38. The molecule has 1 aromatic heterocycles. The number of H-pyrrole nitrogens is 1. The predicted molar refractivity (Wildman–Crippen MR) is 73.0 cm³/mol. The molecular formula is C12H12BFN2O5. The normalized spacial score (nSPS) is 10.4. The average Bonchev–Trinajstić information content (AvgIpc) is 2.45. The molecule has 3 N–H and O–H groups in total. The molecular weight excluding hydrogens is 282 g/mol. The lowest BCUT2D eigenvalue weighted by Crippen LogP contribution is -2.32. The van der Waals surface area contributed by atoms with Gasteiger partial charge in [0.25, 0.3) is 5.56 Å². The number of ether oxygens (including phenoxy) is 1. The second-order valence-corrected chi connectivity index (χ2v) is 4.22. The van der Waals surface area contributed by atoms with E-state index < -0.39 is 24.2 Å². The summed E-state index contributed by atoms with van der Waals surface area (Å²) in [7, 11) is -1.55. The Morgan fingerprint density at radius 2 is 1.90 bits per heavy atom. The van der Waals surface area contributed by atoms with E-state index in [4.69, 9.17) is 14.8 Å². The van der Waals surface area contributed by atoms with E-state index in [2.05, 4.69) is 0 Å². The molecule has 2 aromatic rings. The maximum atomic E-state index is 13.0. The number of nitrogens with zero attached hydrogens (tertiary/aromatic N) is 1. The van der Waals surface area contributed by atoms with Crippen LogP contribution < -0.4 is 21.4 Å². The van der Waals surface area contributed by atoms with Crippen molar-refractivity contribution in [2.24, 2.45) is 0 Å². The summed E-state index contributed by atoms with van der Waals surface area (Å²) in [5.41, 5.74) is -1.46. The molecule has 0 atom stereocenters. The Labute approximate surface area is 118 Å². The van der Waals surface area contributed by atoms with Crippen molar-refractivity contribution < 1.29 is 19.2 Å². The van der Waals surface area contributed by atoms with Crippen LogP contribution in [0, 0.1) is 5.82 Å². The molecule has 110 valence electrons. The summed E-state index contributed by atoms with van der Waals surface area (Å²) in [5.74, 6) is -0.590. The number of benzene rings is 1. The molecule has 0 spiro atoms. The van der Waals surface area contributed by atoms with E-state index in [1.165, 1.54) is 24.3 Å². The monoisotopic (exact) mass is 294 g/mol. The van der Waals surface area contributed by atoms with Crippen molar-refractivity contribution in [3.05, 3.63) is 57.1 Å². The summed E-state index contributed by atoms with van der Waals surface area (Å²) in [6.45, 7) is 0.128. The van der Waals surface area contributed by atoms with Gasteiger partial charge in [-0.3, -0.25) is 14.3 Å². The van der Waals surface area contributed by atoms with Crippen LogP contribution in [-0.4, -0.2) is 33.3 Å². The first kappa shape index (κ1) is 15.0. The number of hydrogen-bond acceptors (Lipinski definition) is 5. The molecule has 0 saturated heterocycles. The summed E-state index contributed by atoms with van der Waals surface area (Å²) in [5, 5.41) is 17.9. The van der Waals surface area contributed by atoms with E-state index in [1.54, 1.807) is 0 Å². The fourth-order valence-corrected chi connectivity index (χ4v) is 1.65. The molecule has 9 heteroatoms. The fourth-order valence-electron chi connectivity index (χ4n) is 1.65. The summed E-state index contributed by atoms with van der Waals surface area (Å²) >= 11 is 0. The predicted octanol–water partition coefficient (Wildman–Crippen LogP) is -1.57. The number of aromatic amines is 1. The lowest BCUT2D eigenvalue weighted by atomic mass is 9.80. The van der Waals surface area contributed by atoms with Crippen LogP contribution in [0.5, 0.6) is 5.75 Å². The Bertz CT molecular complexity index is 726. The van der Waals surface area contributed by atoms with Crippen molar-refractivity contribution >= 4 is 12.6 Å². The van der Waals surface area contributed by atoms with Crippen LogP contribution >= 0.6 is 0 Å². The fraction of sp³-hybridized carbons (Fsp3) is 0.167. The highest BCUT2D eigenvalue weighted by Gasteiger charge is 2.10. The van der Waals surface area contributed by atoms with Crippen LogP contribution in [0.1, 0.15) is 0 Å². The SMILES string of the molecule is O=c1[nH]c(=O)n(CCOc2ccc(B(O)O)cc2)cc1F. The highest BCUT2D eigenvalue weighted by molar-refractivity contribution is 6.58. The molecule has 21 heavy (non-hydrogen) atoms. The van der Waals surface area contributed by atoms with E-state index in [9.17, 15) is 14.0 Å². The van der Waals surface area contributed by atoms with Crippen molar-refractivity contribution in [1.29, 1.82) is 0 Å². The van der Waals surface area contributed by atoms with Crippen LogP contribution in [0.15, 0.2) is 40.1 Å². The Morgan fingerprint density at radius 3 is 2.52 bits per heavy atom. The van der Waals surface area contributed by atoms with Crippen LogP contribution in [0.2, 0.25) is 0 Å². The van der Waals surface area contributed by atoms with Gasteiger partial charge in [-0.05, 0) is 17.6 Å². The van der Waals surface area contributed by atoms with Gasteiger partial charge in [-0.15, -0.1) is 0 Å². The van der Waals surface area contributed by atoms with Gasteiger partial charge >= 0.3 is 12.8 Å². The minimum Gasteiger partial charge on any atom is -0.492 e. The maximum Gasteiger partial charge on any atom is 0.488 e. The Kier molecular flexibility index (Phi) is 4.56. The Hall–Kier alpha value is -2.39. The van der Waals surface area contributed by atoms with E-state index in [0.29, 0.717) is 11.2 Å². The van der Waals surface area contributed by atoms with E-state index in [-0.39, 0.29) is 13.2 Å². The molecule has 2 rings (SSSR count). The summed E-state index contributed by atoms with van der Waals surface area (Å²) in [6.07, 6.45) is 0.815. The standard InChI is InChI=1S/C12H12BFN2O5/c14-10-7-16(12(18)15-11(10)17)5-6-21-9-3-1-8(2-4-9)13(19)20/h1-4,7,19-20H,5-6H2,(H,15,17,18). The smallest absolute Gasteiger partial charge is 0.488 e. The van der Waals surface area contributed by atoms with Crippen molar-refractivity contribution in [3.8, 4) is 5.75 Å². The van der Waals surface area contributed by atoms with Gasteiger partial charge in [-0.25, -0.2) is 4.79 Å². The zero-order chi connectivity index (χ0) is 15.4. The molecule has 0 radical (unpaired) electrons. The molecule has 0 fully saturated rings. The van der Waals surface area contributed by atoms with Crippen LogP contribution in [0.25, 0.3) is 0 Å². The minimum atomic E-state index is -1.55. The van der Waals surface area contributed by atoms with Gasteiger partial charge in [0.1, 0.15) is 12.4 Å². The average molecular weight is 294 g/mol. The van der Waals surface area contributed by atoms with E-state index in [0.717, 1.165) is 10.8 Å². The highest BCUT2D eigenvalue weighted by atomic mass is 19.1. The van der Waals surface area contributed by atoms with Gasteiger partial charge in [0.15, 0.2) is 0 Å². The van der Waals surface area contributed by atoms with Crippen molar-refractivity contribution in [1.82, 2.24) is 9.55 Å². The topological polar surface area (TPSA) is 105 Å². The van der Waals surface area contributed by atoms with Gasteiger partial charge in [0, 0.05) is 0 Å². The Balaban J connectivity index is 1.97. The zero-order valence-corrected chi connectivity index (χ0v) is 10.8. The van der Waals surface area contributed by atoms with Crippen LogP contribution in [-0.2, 0) is 6.54 Å². The lowest BCUT2D eigenvalue weighted by Gasteiger charge is -2.08. The highest BCUT2D eigenvalue weighted by Crippen LogP contribution is 2.07. The molecule has 0 amide bonds. The number of rotatable bonds is 5. The number of halogens is 1. The number of hydrogen-bond donors (Lipinski definition) is 3. The first-order chi connectivity index (χ1) is 9.97. The molecule has 7 nitrogen and oxygen atoms in total. The summed E-state index contributed by atoms with van der Waals surface area (Å²) in [4.78, 5) is 24.1. The van der Waals surface area contributed by atoms with E-state index in [1.807, 2.05) is 4.98 Å². The van der Waals surface area contributed by atoms with E-state index >= 15 is 0 Å². The molecule has 0 unspecified atom stereocenters. The molecule has 1 heterocycles. The van der Waals surface area contributed by atoms with Gasteiger partial charge in [-0.2, -0.15) is 4.39 Å². The van der Waals surface area contributed by atoms with Gasteiger partial charge in [0.05, 0.1) is 12.7 Å². The number of aromatic nitrogens is 2.